The first-order chi connectivity index (χ1) is 12.9. The van der Waals surface area contributed by atoms with Crippen molar-refractivity contribution in [3.63, 3.8) is 0 Å². The van der Waals surface area contributed by atoms with Gasteiger partial charge < -0.3 is 9.64 Å². The maximum absolute atomic E-state index is 13.3. The summed E-state index contributed by atoms with van der Waals surface area (Å²) >= 11 is 1.51. The molecule has 0 saturated carbocycles. The highest BCUT2D eigenvalue weighted by Crippen LogP contribution is 2.32. The highest BCUT2D eigenvalue weighted by molar-refractivity contribution is 7.22. The summed E-state index contributed by atoms with van der Waals surface area (Å²) in [6, 6.07) is 11.6. The average Bonchev–Trinajstić information content (AvgIpc) is 3.06. The predicted octanol–water partition coefficient (Wildman–Crippen LogP) is 4.13. The van der Waals surface area contributed by atoms with Gasteiger partial charge in [-0.15, -0.1) is 0 Å². The van der Waals surface area contributed by atoms with E-state index < -0.39 is 0 Å². The van der Waals surface area contributed by atoms with E-state index in [0.717, 1.165) is 28.1 Å². The summed E-state index contributed by atoms with van der Waals surface area (Å²) in [5.74, 6) is 0.768. The summed E-state index contributed by atoms with van der Waals surface area (Å²) < 4.78 is 6.31. The lowest BCUT2D eigenvalue weighted by atomic mass is 10.1. The standard InChI is InChI=1S/C21H25N3O2S/c1-14-6-7-16(12-15(14)2)20(25)24(11-10-23(3)4)21-22-18-9-8-17(26-5)13-19(18)27-21/h6-9,12-13H,10-11H2,1-5H3. The van der Waals surface area contributed by atoms with Gasteiger partial charge in [-0.05, 0) is 69.4 Å². The zero-order valence-corrected chi connectivity index (χ0v) is 17.3. The Labute approximate surface area is 164 Å². The number of nitrogens with zero attached hydrogens (tertiary/aromatic N) is 3. The van der Waals surface area contributed by atoms with E-state index in [1.807, 2.05) is 64.3 Å². The van der Waals surface area contributed by atoms with E-state index in [2.05, 4.69) is 4.90 Å². The summed E-state index contributed by atoms with van der Waals surface area (Å²) in [5, 5.41) is 0.711. The molecule has 5 nitrogen and oxygen atoms in total. The van der Waals surface area contributed by atoms with E-state index in [4.69, 9.17) is 9.72 Å². The maximum atomic E-state index is 13.3. The van der Waals surface area contributed by atoms with Gasteiger partial charge in [-0.25, -0.2) is 4.98 Å². The van der Waals surface area contributed by atoms with Crippen LogP contribution in [0.2, 0.25) is 0 Å². The second-order valence-electron chi connectivity index (χ2n) is 6.89. The molecule has 1 amide bonds. The number of aryl methyl sites for hydroxylation is 2. The third kappa shape index (κ3) is 4.28. The number of anilines is 1. The lowest BCUT2D eigenvalue weighted by Crippen LogP contribution is -2.36. The van der Waals surface area contributed by atoms with Gasteiger partial charge in [0.2, 0.25) is 0 Å². The molecule has 0 spiro atoms. The van der Waals surface area contributed by atoms with Crippen LogP contribution in [0.4, 0.5) is 5.13 Å². The fraction of sp³-hybridized carbons (Fsp3) is 0.333. The van der Waals surface area contributed by atoms with Gasteiger partial charge >= 0.3 is 0 Å². The van der Waals surface area contributed by atoms with E-state index in [1.165, 1.54) is 16.9 Å². The molecule has 3 rings (SSSR count). The zero-order chi connectivity index (χ0) is 19.6. The van der Waals surface area contributed by atoms with Gasteiger partial charge in [0.25, 0.3) is 5.91 Å². The molecule has 6 heteroatoms. The number of aromatic nitrogens is 1. The summed E-state index contributed by atoms with van der Waals surface area (Å²) in [7, 11) is 5.65. The maximum Gasteiger partial charge on any atom is 0.260 e. The van der Waals surface area contributed by atoms with Crippen molar-refractivity contribution in [3.8, 4) is 5.75 Å². The van der Waals surface area contributed by atoms with Gasteiger partial charge in [0.05, 0.1) is 17.3 Å². The first-order valence-corrected chi connectivity index (χ1v) is 9.69. The third-order valence-corrected chi connectivity index (χ3v) is 5.63. The Morgan fingerprint density at radius 1 is 1.07 bits per heavy atom. The van der Waals surface area contributed by atoms with Crippen LogP contribution in [0.3, 0.4) is 0 Å². The van der Waals surface area contributed by atoms with Crippen LogP contribution in [-0.2, 0) is 0 Å². The molecule has 0 aliphatic rings. The van der Waals surface area contributed by atoms with Crippen molar-refractivity contribution in [1.29, 1.82) is 0 Å². The minimum absolute atomic E-state index is 0.0222. The van der Waals surface area contributed by atoms with Gasteiger partial charge in [0, 0.05) is 18.7 Å². The highest BCUT2D eigenvalue weighted by atomic mass is 32.1. The van der Waals surface area contributed by atoms with Crippen LogP contribution in [0.15, 0.2) is 36.4 Å². The molecule has 0 saturated heterocycles. The minimum atomic E-state index is -0.0222. The Morgan fingerprint density at radius 2 is 1.85 bits per heavy atom. The van der Waals surface area contributed by atoms with Crippen LogP contribution in [0.5, 0.6) is 5.75 Å². The number of carbonyl (C=O) groups excluding carboxylic acids is 1. The predicted molar refractivity (Wildman–Crippen MR) is 112 cm³/mol. The van der Waals surface area contributed by atoms with Crippen molar-refractivity contribution in [2.45, 2.75) is 13.8 Å². The van der Waals surface area contributed by atoms with E-state index in [9.17, 15) is 4.79 Å². The molecule has 1 heterocycles. The monoisotopic (exact) mass is 383 g/mol. The number of fused-ring (bicyclic) bond motifs is 1. The largest absolute Gasteiger partial charge is 0.497 e. The van der Waals surface area contributed by atoms with E-state index in [1.54, 1.807) is 12.0 Å². The number of carbonyl (C=O) groups is 1. The zero-order valence-electron chi connectivity index (χ0n) is 16.4. The van der Waals surface area contributed by atoms with Gasteiger partial charge in [0.15, 0.2) is 5.13 Å². The molecule has 142 valence electrons. The molecule has 0 atom stereocenters. The van der Waals surface area contributed by atoms with Crippen LogP contribution in [0.25, 0.3) is 10.2 Å². The molecule has 0 aliphatic carbocycles. The molecule has 0 fully saturated rings. The van der Waals surface area contributed by atoms with Crippen molar-refractivity contribution in [1.82, 2.24) is 9.88 Å². The first-order valence-electron chi connectivity index (χ1n) is 8.87. The number of rotatable bonds is 6. The summed E-state index contributed by atoms with van der Waals surface area (Å²) in [5.41, 5.74) is 3.85. The second kappa shape index (κ2) is 8.06. The van der Waals surface area contributed by atoms with Crippen molar-refractivity contribution in [3.05, 3.63) is 53.1 Å². The number of benzene rings is 2. The Bertz CT molecular complexity index is 965. The fourth-order valence-electron chi connectivity index (χ4n) is 2.75. The molecular formula is C21H25N3O2S. The molecule has 27 heavy (non-hydrogen) atoms. The van der Waals surface area contributed by atoms with E-state index >= 15 is 0 Å². The van der Waals surface area contributed by atoms with Gasteiger partial charge in [-0.2, -0.15) is 0 Å². The van der Waals surface area contributed by atoms with Crippen LogP contribution in [0.1, 0.15) is 21.5 Å². The number of amides is 1. The van der Waals surface area contributed by atoms with Crippen LogP contribution < -0.4 is 9.64 Å². The van der Waals surface area contributed by atoms with E-state index in [0.29, 0.717) is 17.2 Å². The van der Waals surface area contributed by atoms with Gasteiger partial charge in [-0.1, -0.05) is 17.4 Å². The smallest absolute Gasteiger partial charge is 0.260 e. The Kier molecular flexibility index (Phi) is 5.77. The van der Waals surface area contributed by atoms with Crippen molar-refractivity contribution >= 4 is 32.6 Å². The Hall–Kier alpha value is -2.44. The van der Waals surface area contributed by atoms with Gasteiger partial charge in [0.1, 0.15) is 5.75 Å². The number of likely N-dealkylation sites (N-methyl/N-ethyl adjacent to an activating group) is 1. The normalized spacial score (nSPS) is 11.2. The van der Waals surface area contributed by atoms with Crippen molar-refractivity contribution in [2.75, 3.05) is 39.2 Å². The fourth-order valence-corrected chi connectivity index (χ4v) is 3.77. The topological polar surface area (TPSA) is 45.7 Å². The van der Waals surface area contributed by atoms with Crippen LogP contribution in [0, 0.1) is 13.8 Å². The summed E-state index contributed by atoms with van der Waals surface area (Å²) in [6.45, 7) is 5.42. The van der Waals surface area contributed by atoms with Gasteiger partial charge in [-0.3, -0.25) is 9.69 Å². The molecule has 1 aromatic heterocycles. The Balaban J connectivity index is 1.99. The molecular weight excluding hydrogens is 358 g/mol. The highest BCUT2D eigenvalue weighted by Gasteiger charge is 2.22. The lowest BCUT2D eigenvalue weighted by Gasteiger charge is -2.22. The summed E-state index contributed by atoms with van der Waals surface area (Å²) in [4.78, 5) is 21.8. The number of thiazole rings is 1. The third-order valence-electron chi connectivity index (χ3n) is 4.59. The molecule has 0 radical (unpaired) electrons. The van der Waals surface area contributed by atoms with Crippen LogP contribution >= 0.6 is 11.3 Å². The van der Waals surface area contributed by atoms with Crippen LogP contribution in [-0.4, -0.2) is 50.1 Å². The quantitative estimate of drug-likeness (QED) is 0.642. The molecule has 0 aliphatic heterocycles. The summed E-state index contributed by atoms with van der Waals surface area (Å²) in [6.07, 6.45) is 0. The SMILES string of the molecule is COc1ccc2nc(N(CCN(C)C)C(=O)c3ccc(C)c(C)c3)sc2c1. The first kappa shape index (κ1) is 19.3. The average molecular weight is 384 g/mol. The van der Waals surface area contributed by atoms with E-state index in [-0.39, 0.29) is 5.91 Å². The Morgan fingerprint density at radius 3 is 2.52 bits per heavy atom. The van der Waals surface area contributed by atoms with Crippen molar-refractivity contribution < 1.29 is 9.53 Å². The second-order valence-corrected chi connectivity index (χ2v) is 7.90. The van der Waals surface area contributed by atoms with Crippen molar-refractivity contribution in [2.24, 2.45) is 0 Å². The number of hydrogen-bond donors (Lipinski definition) is 0. The minimum Gasteiger partial charge on any atom is -0.497 e. The molecule has 0 unspecified atom stereocenters. The number of methoxy groups -OCH3 is 1. The molecule has 3 aromatic rings. The molecule has 2 aromatic carbocycles. The molecule has 0 bridgehead atoms. The number of hydrogen-bond acceptors (Lipinski definition) is 5. The lowest BCUT2D eigenvalue weighted by molar-refractivity contribution is 0.0985. The number of ether oxygens (including phenoxy) is 1. The molecule has 0 N–H and O–H groups in total.